The minimum atomic E-state index is -0.227. The number of aromatic nitrogens is 1. The third-order valence-corrected chi connectivity index (χ3v) is 3.82. The number of carbonyl (C=O) groups excluding carboxylic acids is 2. The number of nitrogens with one attached hydrogen (secondary N) is 1. The molecule has 3 rings (SSSR count). The highest BCUT2D eigenvalue weighted by atomic mass is 16.5. The van der Waals surface area contributed by atoms with Crippen LogP contribution in [0.3, 0.4) is 0 Å². The fourth-order valence-corrected chi connectivity index (χ4v) is 2.70. The minimum absolute atomic E-state index is 0.173. The Labute approximate surface area is 140 Å². The number of carbonyl (C=O) groups is 2. The zero-order chi connectivity index (χ0) is 17.1. The summed E-state index contributed by atoms with van der Waals surface area (Å²) in [6.45, 7) is 4.90. The van der Waals surface area contributed by atoms with Crippen molar-refractivity contribution in [2.45, 2.75) is 13.8 Å². The van der Waals surface area contributed by atoms with Gasteiger partial charge in [-0.2, -0.15) is 0 Å². The Morgan fingerprint density at radius 3 is 2.88 bits per heavy atom. The normalized spacial score (nSPS) is 13.8. The standard InChI is InChI=1S/C18H19N3O3/c1-3-24-17-14(9-8-12(2)20-17)18(23)21-11-10-19-16(22)13-6-4-5-7-15(13)21/h4-9H,3,10-11H2,1-2H3,(H,19,22). The molecule has 0 unspecified atom stereocenters. The van der Waals surface area contributed by atoms with E-state index in [-0.39, 0.29) is 11.8 Å². The van der Waals surface area contributed by atoms with Crippen molar-refractivity contribution >= 4 is 17.5 Å². The third kappa shape index (κ3) is 2.95. The summed E-state index contributed by atoms with van der Waals surface area (Å²) in [5.41, 5.74) is 2.26. The summed E-state index contributed by atoms with van der Waals surface area (Å²) < 4.78 is 5.53. The molecule has 0 bridgehead atoms. The van der Waals surface area contributed by atoms with Gasteiger partial charge < -0.3 is 15.0 Å². The highest BCUT2D eigenvalue weighted by Crippen LogP contribution is 2.26. The lowest BCUT2D eigenvalue weighted by molar-refractivity contribution is 0.0953. The number of anilines is 1. The van der Waals surface area contributed by atoms with Crippen LogP contribution in [-0.4, -0.2) is 36.5 Å². The van der Waals surface area contributed by atoms with Crippen LogP contribution in [0.15, 0.2) is 36.4 Å². The van der Waals surface area contributed by atoms with Gasteiger partial charge in [-0.1, -0.05) is 12.1 Å². The molecule has 1 aromatic carbocycles. The number of benzene rings is 1. The number of aryl methyl sites for hydroxylation is 1. The zero-order valence-corrected chi connectivity index (χ0v) is 13.7. The smallest absolute Gasteiger partial charge is 0.263 e. The van der Waals surface area contributed by atoms with Gasteiger partial charge in [-0.25, -0.2) is 4.98 Å². The first-order valence-corrected chi connectivity index (χ1v) is 7.91. The molecule has 2 amide bonds. The van der Waals surface area contributed by atoms with E-state index in [1.165, 1.54) is 0 Å². The molecule has 0 radical (unpaired) electrons. The van der Waals surface area contributed by atoms with Gasteiger partial charge in [0.25, 0.3) is 11.8 Å². The molecule has 1 aromatic heterocycles. The van der Waals surface area contributed by atoms with Gasteiger partial charge in [-0.3, -0.25) is 9.59 Å². The maximum absolute atomic E-state index is 13.1. The quantitative estimate of drug-likeness (QED) is 0.939. The number of fused-ring (bicyclic) bond motifs is 1. The van der Waals surface area contributed by atoms with E-state index in [4.69, 9.17) is 4.74 Å². The maximum atomic E-state index is 13.1. The van der Waals surface area contributed by atoms with E-state index in [0.29, 0.717) is 42.4 Å². The summed E-state index contributed by atoms with van der Waals surface area (Å²) in [7, 11) is 0. The van der Waals surface area contributed by atoms with Crippen LogP contribution in [0.1, 0.15) is 33.3 Å². The highest BCUT2D eigenvalue weighted by molar-refractivity contribution is 6.12. The van der Waals surface area contributed by atoms with Crippen LogP contribution >= 0.6 is 0 Å². The van der Waals surface area contributed by atoms with Crippen molar-refractivity contribution in [2.75, 3.05) is 24.6 Å². The Hall–Kier alpha value is -2.89. The average molecular weight is 325 g/mol. The Balaban J connectivity index is 2.04. The van der Waals surface area contributed by atoms with Crippen LogP contribution < -0.4 is 15.0 Å². The largest absolute Gasteiger partial charge is 0.477 e. The van der Waals surface area contributed by atoms with Gasteiger partial charge in [0.05, 0.1) is 17.9 Å². The molecule has 0 spiro atoms. The number of hydrogen-bond donors (Lipinski definition) is 1. The summed E-state index contributed by atoms with van der Waals surface area (Å²) in [5, 5.41) is 2.81. The van der Waals surface area contributed by atoms with Gasteiger partial charge in [0.1, 0.15) is 5.56 Å². The van der Waals surface area contributed by atoms with Crippen molar-refractivity contribution in [1.29, 1.82) is 0 Å². The van der Waals surface area contributed by atoms with Gasteiger partial charge >= 0.3 is 0 Å². The number of amides is 2. The molecule has 0 saturated heterocycles. The summed E-state index contributed by atoms with van der Waals surface area (Å²) in [6.07, 6.45) is 0. The summed E-state index contributed by atoms with van der Waals surface area (Å²) in [4.78, 5) is 31.2. The number of rotatable bonds is 3. The van der Waals surface area contributed by atoms with Gasteiger partial charge in [0.2, 0.25) is 5.88 Å². The Bertz CT molecular complexity index is 789. The fourth-order valence-electron chi connectivity index (χ4n) is 2.70. The minimum Gasteiger partial charge on any atom is -0.477 e. The maximum Gasteiger partial charge on any atom is 0.263 e. The Morgan fingerprint density at radius 2 is 2.08 bits per heavy atom. The van der Waals surface area contributed by atoms with Crippen molar-refractivity contribution in [2.24, 2.45) is 0 Å². The van der Waals surface area contributed by atoms with E-state index in [1.54, 1.807) is 35.2 Å². The molecule has 124 valence electrons. The number of para-hydroxylation sites is 1. The molecular weight excluding hydrogens is 306 g/mol. The van der Waals surface area contributed by atoms with Gasteiger partial charge in [0, 0.05) is 18.8 Å². The molecule has 6 heteroatoms. The van der Waals surface area contributed by atoms with Gasteiger partial charge in [-0.15, -0.1) is 0 Å². The summed E-state index contributed by atoms with van der Waals surface area (Å²) >= 11 is 0. The van der Waals surface area contributed by atoms with E-state index in [9.17, 15) is 9.59 Å². The van der Waals surface area contributed by atoms with Crippen LogP contribution in [0, 0.1) is 6.92 Å². The first kappa shape index (κ1) is 16.0. The molecule has 1 aliphatic heterocycles. The molecule has 0 fully saturated rings. The highest BCUT2D eigenvalue weighted by Gasteiger charge is 2.27. The number of pyridine rings is 1. The Kier molecular flexibility index (Phi) is 4.46. The number of hydrogen-bond acceptors (Lipinski definition) is 4. The lowest BCUT2D eigenvalue weighted by Gasteiger charge is -2.23. The predicted molar refractivity (Wildman–Crippen MR) is 90.6 cm³/mol. The molecule has 1 N–H and O–H groups in total. The van der Waals surface area contributed by atoms with Crippen LogP contribution in [-0.2, 0) is 0 Å². The lowest BCUT2D eigenvalue weighted by Crippen LogP contribution is -2.35. The van der Waals surface area contributed by atoms with Crippen molar-refractivity contribution in [3.63, 3.8) is 0 Å². The third-order valence-electron chi connectivity index (χ3n) is 3.82. The second kappa shape index (κ2) is 6.70. The number of nitrogens with zero attached hydrogens (tertiary/aromatic N) is 2. The van der Waals surface area contributed by atoms with E-state index < -0.39 is 0 Å². The lowest BCUT2D eigenvalue weighted by atomic mass is 10.1. The topological polar surface area (TPSA) is 71.5 Å². The first-order valence-electron chi connectivity index (χ1n) is 7.91. The molecule has 0 aliphatic carbocycles. The molecule has 2 heterocycles. The molecule has 1 aliphatic rings. The predicted octanol–water partition coefficient (Wildman–Crippen LogP) is 2.18. The van der Waals surface area contributed by atoms with Gasteiger partial charge in [-0.05, 0) is 38.1 Å². The van der Waals surface area contributed by atoms with Crippen molar-refractivity contribution in [3.8, 4) is 5.88 Å². The Morgan fingerprint density at radius 1 is 1.29 bits per heavy atom. The van der Waals surface area contributed by atoms with Crippen molar-refractivity contribution < 1.29 is 14.3 Å². The number of ether oxygens (including phenoxy) is 1. The summed E-state index contributed by atoms with van der Waals surface area (Å²) in [6, 6.07) is 10.6. The SMILES string of the molecule is CCOc1nc(C)ccc1C(=O)N1CCNC(=O)c2ccccc21. The van der Waals surface area contributed by atoms with E-state index in [2.05, 4.69) is 10.3 Å². The van der Waals surface area contributed by atoms with E-state index in [0.717, 1.165) is 5.69 Å². The average Bonchev–Trinajstić information content (AvgIpc) is 2.74. The van der Waals surface area contributed by atoms with Crippen LogP contribution in [0.25, 0.3) is 0 Å². The molecule has 0 atom stereocenters. The van der Waals surface area contributed by atoms with Crippen LogP contribution in [0.4, 0.5) is 5.69 Å². The van der Waals surface area contributed by atoms with Gasteiger partial charge in [0.15, 0.2) is 0 Å². The molecular formula is C18H19N3O3. The molecule has 6 nitrogen and oxygen atoms in total. The first-order chi connectivity index (χ1) is 11.6. The van der Waals surface area contributed by atoms with Crippen molar-refractivity contribution in [1.82, 2.24) is 10.3 Å². The molecule has 24 heavy (non-hydrogen) atoms. The van der Waals surface area contributed by atoms with Crippen LogP contribution in [0.2, 0.25) is 0 Å². The monoisotopic (exact) mass is 325 g/mol. The van der Waals surface area contributed by atoms with Crippen LogP contribution in [0.5, 0.6) is 5.88 Å². The molecule has 2 aromatic rings. The van der Waals surface area contributed by atoms with Crippen molar-refractivity contribution in [3.05, 3.63) is 53.2 Å². The zero-order valence-electron chi connectivity index (χ0n) is 13.7. The molecule has 0 saturated carbocycles. The fraction of sp³-hybridized carbons (Fsp3) is 0.278. The van der Waals surface area contributed by atoms with E-state index in [1.807, 2.05) is 19.9 Å². The summed E-state index contributed by atoms with van der Waals surface area (Å²) in [5.74, 6) is -0.0774. The van der Waals surface area contributed by atoms with E-state index >= 15 is 0 Å². The second-order valence-electron chi connectivity index (χ2n) is 5.47. The second-order valence-corrected chi connectivity index (χ2v) is 5.47.